The van der Waals surface area contributed by atoms with Gasteiger partial charge in [0.25, 0.3) is 0 Å². The molecule has 28 heavy (non-hydrogen) atoms. The van der Waals surface area contributed by atoms with Crippen molar-refractivity contribution >= 4 is 21.6 Å². The molecule has 0 spiro atoms. The maximum atomic E-state index is 12.9. The summed E-state index contributed by atoms with van der Waals surface area (Å²) in [4.78, 5) is 13.8. The molecule has 2 aromatic carbocycles. The number of hydrogen-bond donors (Lipinski definition) is 1. The van der Waals surface area contributed by atoms with E-state index in [1.54, 1.807) is 23.1 Å². The normalized spacial score (nSPS) is 15.4. The number of amides is 1. The molecule has 5 nitrogen and oxygen atoms in total. The van der Waals surface area contributed by atoms with Crippen molar-refractivity contribution in [3.63, 3.8) is 0 Å². The highest BCUT2D eigenvalue weighted by atomic mass is 32.2. The molecule has 1 aliphatic rings. The Morgan fingerprint density at radius 1 is 1.04 bits per heavy atom. The molecular formula is C22H28N2O3S. The van der Waals surface area contributed by atoms with Crippen LogP contribution in [0.3, 0.4) is 0 Å². The Hall–Kier alpha value is -2.18. The molecule has 0 aliphatic carbocycles. The summed E-state index contributed by atoms with van der Waals surface area (Å²) in [5.74, 6) is 0.416. The van der Waals surface area contributed by atoms with Crippen LogP contribution in [0.25, 0.3) is 0 Å². The zero-order valence-electron chi connectivity index (χ0n) is 16.9. The van der Waals surface area contributed by atoms with Crippen molar-refractivity contribution in [3.05, 3.63) is 59.2 Å². The third kappa shape index (κ3) is 4.28. The highest BCUT2D eigenvalue weighted by Gasteiger charge is 2.24. The Morgan fingerprint density at radius 3 is 2.29 bits per heavy atom. The Bertz CT molecular complexity index is 966. The lowest BCUT2D eigenvalue weighted by Crippen LogP contribution is -2.34. The first-order valence-electron chi connectivity index (χ1n) is 9.72. The van der Waals surface area contributed by atoms with Gasteiger partial charge in [-0.15, -0.1) is 0 Å². The first-order chi connectivity index (χ1) is 13.2. The van der Waals surface area contributed by atoms with E-state index in [0.29, 0.717) is 12.5 Å². The van der Waals surface area contributed by atoms with Gasteiger partial charge in [0.2, 0.25) is 15.9 Å². The summed E-state index contributed by atoms with van der Waals surface area (Å²) in [7, 11) is -3.66. The number of aryl methyl sites for hydroxylation is 1. The van der Waals surface area contributed by atoms with Crippen molar-refractivity contribution in [3.8, 4) is 0 Å². The molecule has 150 valence electrons. The number of anilines is 1. The van der Waals surface area contributed by atoms with Crippen LogP contribution in [0.15, 0.2) is 47.4 Å². The third-order valence-electron chi connectivity index (χ3n) is 5.30. The summed E-state index contributed by atoms with van der Waals surface area (Å²) in [6.07, 6.45) is 1.61. The molecule has 0 saturated heterocycles. The van der Waals surface area contributed by atoms with E-state index in [-0.39, 0.29) is 16.8 Å². The van der Waals surface area contributed by atoms with Gasteiger partial charge in [0.15, 0.2) is 0 Å². The van der Waals surface area contributed by atoms with Gasteiger partial charge in [-0.2, -0.15) is 0 Å². The number of sulfonamides is 1. The van der Waals surface area contributed by atoms with E-state index in [0.717, 1.165) is 29.7 Å². The van der Waals surface area contributed by atoms with Crippen LogP contribution in [0.2, 0.25) is 0 Å². The van der Waals surface area contributed by atoms with Gasteiger partial charge in [-0.1, -0.05) is 38.1 Å². The molecule has 1 N–H and O–H groups in total. The smallest absolute Gasteiger partial charge is 0.241 e. The van der Waals surface area contributed by atoms with Gasteiger partial charge in [0.1, 0.15) is 0 Å². The molecule has 1 amide bonds. The summed E-state index contributed by atoms with van der Waals surface area (Å²) in [6.45, 7) is 8.32. The lowest BCUT2D eigenvalue weighted by atomic mass is 10.00. The molecule has 0 bridgehead atoms. The van der Waals surface area contributed by atoms with Gasteiger partial charge >= 0.3 is 0 Å². The Labute approximate surface area is 167 Å². The van der Waals surface area contributed by atoms with Crippen LogP contribution in [0.1, 0.15) is 62.8 Å². The Kier molecular flexibility index (Phi) is 5.91. The van der Waals surface area contributed by atoms with Crippen LogP contribution in [-0.4, -0.2) is 20.9 Å². The highest BCUT2D eigenvalue weighted by Crippen LogP contribution is 2.30. The molecule has 0 saturated carbocycles. The molecule has 0 radical (unpaired) electrons. The van der Waals surface area contributed by atoms with E-state index in [1.165, 1.54) is 12.5 Å². The number of hydrogen-bond acceptors (Lipinski definition) is 3. The van der Waals surface area contributed by atoms with E-state index in [1.807, 2.05) is 31.2 Å². The molecule has 1 heterocycles. The zero-order chi connectivity index (χ0) is 20.5. The second-order valence-corrected chi connectivity index (χ2v) is 9.44. The molecule has 2 aromatic rings. The minimum Gasteiger partial charge on any atom is -0.312 e. The molecule has 0 fully saturated rings. The van der Waals surface area contributed by atoms with Crippen molar-refractivity contribution in [1.29, 1.82) is 0 Å². The number of rotatable bonds is 5. The van der Waals surface area contributed by atoms with Crippen molar-refractivity contribution in [1.82, 2.24) is 4.72 Å². The quantitative estimate of drug-likeness (QED) is 0.820. The average molecular weight is 401 g/mol. The predicted molar refractivity (Wildman–Crippen MR) is 112 cm³/mol. The van der Waals surface area contributed by atoms with Gasteiger partial charge in [0, 0.05) is 25.2 Å². The fourth-order valence-electron chi connectivity index (χ4n) is 3.61. The number of benzene rings is 2. The maximum absolute atomic E-state index is 12.9. The van der Waals surface area contributed by atoms with Crippen LogP contribution in [-0.2, 0) is 21.2 Å². The van der Waals surface area contributed by atoms with E-state index >= 15 is 0 Å². The minimum atomic E-state index is -3.66. The number of carbonyl (C=O) groups excluding carboxylic acids is 1. The summed E-state index contributed by atoms with van der Waals surface area (Å²) < 4.78 is 28.6. The van der Waals surface area contributed by atoms with Gasteiger partial charge in [-0.25, -0.2) is 13.1 Å². The van der Waals surface area contributed by atoms with Gasteiger partial charge < -0.3 is 4.90 Å². The van der Waals surface area contributed by atoms with Crippen LogP contribution in [0, 0.1) is 0 Å². The lowest BCUT2D eigenvalue weighted by molar-refractivity contribution is -0.116. The summed E-state index contributed by atoms with van der Waals surface area (Å²) in [6, 6.07) is 12.7. The van der Waals surface area contributed by atoms with Crippen molar-refractivity contribution in [2.45, 2.75) is 57.4 Å². The van der Waals surface area contributed by atoms with E-state index < -0.39 is 10.0 Å². The van der Waals surface area contributed by atoms with E-state index in [9.17, 15) is 13.2 Å². The van der Waals surface area contributed by atoms with Crippen LogP contribution in [0.5, 0.6) is 0 Å². The molecular weight excluding hydrogens is 372 g/mol. The molecule has 3 rings (SSSR count). The first-order valence-corrected chi connectivity index (χ1v) is 11.2. The number of nitrogens with zero attached hydrogens (tertiary/aromatic N) is 1. The SMILES string of the molecule is CC(=O)N1CCCc2cc(S(=O)(=O)NC(C)c3ccc(C(C)C)cc3)ccc21. The fourth-order valence-corrected chi connectivity index (χ4v) is 4.89. The number of nitrogens with one attached hydrogen (secondary N) is 1. The maximum Gasteiger partial charge on any atom is 0.241 e. The molecule has 0 aromatic heterocycles. The van der Waals surface area contributed by atoms with Crippen molar-refractivity contribution in [2.75, 3.05) is 11.4 Å². The van der Waals surface area contributed by atoms with Gasteiger partial charge in [-0.05, 0) is 60.6 Å². The summed E-state index contributed by atoms with van der Waals surface area (Å²) in [5.41, 5.74) is 3.87. The van der Waals surface area contributed by atoms with E-state index in [2.05, 4.69) is 18.6 Å². The van der Waals surface area contributed by atoms with Crippen LogP contribution < -0.4 is 9.62 Å². The largest absolute Gasteiger partial charge is 0.312 e. The van der Waals surface area contributed by atoms with Gasteiger partial charge in [0.05, 0.1) is 4.90 Å². The minimum absolute atomic E-state index is 0.0202. The monoisotopic (exact) mass is 400 g/mol. The fraction of sp³-hybridized carbons (Fsp3) is 0.409. The van der Waals surface area contributed by atoms with Crippen LogP contribution >= 0.6 is 0 Å². The predicted octanol–water partition coefficient (Wildman–Crippen LogP) is 4.15. The third-order valence-corrected chi connectivity index (χ3v) is 6.83. The summed E-state index contributed by atoms with van der Waals surface area (Å²) in [5, 5.41) is 0. The van der Waals surface area contributed by atoms with Gasteiger partial charge in [-0.3, -0.25) is 4.79 Å². The first kappa shape index (κ1) is 20.6. The average Bonchev–Trinajstić information content (AvgIpc) is 2.66. The lowest BCUT2D eigenvalue weighted by Gasteiger charge is -2.29. The topological polar surface area (TPSA) is 66.5 Å². The zero-order valence-corrected chi connectivity index (χ0v) is 17.7. The standard InChI is InChI=1S/C22H28N2O3S/c1-15(2)18-7-9-19(10-8-18)16(3)23-28(26,27)21-11-12-22-20(14-21)6-5-13-24(22)17(4)25/h7-12,14-16,23H,5-6,13H2,1-4H3. The summed E-state index contributed by atoms with van der Waals surface area (Å²) >= 11 is 0. The Morgan fingerprint density at radius 2 is 1.68 bits per heavy atom. The molecule has 1 atom stereocenters. The van der Waals surface area contributed by atoms with E-state index in [4.69, 9.17) is 0 Å². The molecule has 6 heteroatoms. The number of fused-ring (bicyclic) bond motifs is 1. The van der Waals surface area contributed by atoms with Crippen molar-refractivity contribution < 1.29 is 13.2 Å². The number of carbonyl (C=O) groups is 1. The molecule has 1 aliphatic heterocycles. The highest BCUT2D eigenvalue weighted by molar-refractivity contribution is 7.89. The van der Waals surface area contributed by atoms with Crippen molar-refractivity contribution in [2.24, 2.45) is 0 Å². The molecule has 1 unspecified atom stereocenters. The second-order valence-electron chi connectivity index (χ2n) is 7.73. The van der Waals surface area contributed by atoms with Crippen LogP contribution in [0.4, 0.5) is 5.69 Å². The second kappa shape index (κ2) is 8.05. The Balaban J connectivity index is 1.82.